The Morgan fingerprint density at radius 1 is 1.32 bits per heavy atom. The minimum Gasteiger partial charge on any atom is -0.391 e. The lowest BCUT2D eigenvalue weighted by Crippen LogP contribution is -2.46. The van der Waals surface area contributed by atoms with Crippen LogP contribution in [0, 0.1) is 5.92 Å². The van der Waals surface area contributed by atoms with E-state index in [4.69, 9.17) is 34.8 Å². The molecule has 1 fully saturated rings. The fraction of sp³-hybridized carbons (Fsp3) is 0.462. The summed E-state index contributed by atoms with van der Waals surface area (Å²) in [6.45, 7) is 2.83. The number of β-amino-alcohol motifs (C(OH)–C–C–N with tert-alkyl or cyclic N) is 1. The highest BCUT2D eigenvalue weighted by molar-refractivity contribution is 6.46. The maximum Gasteiger partial charge on any atom is 0.257 e. The summed E-state index contributed by atoms with van der Waals surface area (Å²) in [5.74, 6) is -0.0993. The molecule has 104 valence electrons. The zero-order valence-corrected chi connectivity index (χ0v) is 12.6. The van der Waals surface area contributed by atoms with Crippen molar-refractivity contribution in [2.24, 2.45) is 5.92 Å². The van der Waals surface area contributed by atoms with Gasteiger partial charge in [-0.1, -0.05) is 41.7 Å². The Kier molecular flexibility index (Phi) is 4.62. The van der Waals surface area contributed by atoms with E-state index in [1.807, 2.05) is 6.92 Å². The number of hydrogen-bond donors (Lipinski definition) is 1. The molecule has 1 aromatic carbocycles. The van der Waals surface area contributed by atoms with E-state index >= 15 is 0 Å². The topological polar surface area (TPSA) is 40.5 Å². The van der Waals surface area contributed by atoms with Crippen molar-refractivity contribution in [1.82, 2.24) is 4.90 Å². The highest BCUT2D eigenvalue weighted by Crippen LogP contribution is 2.33. The van der Waals surface area contributed by atoms with Gasteiger partial charge in [0.15, 0.2) is 0 Å². The Labute approximate surface area is 127 Å². The van der Waals surface area contributed by atoms with Crippen molar-refractivity contribution in [3.63, 3.8) is 0 Å². The van der Waals surface area contributed by atoms with Gasteiger partial charge in [0.1, 0.15) is 0 Å². The molecule has 1 aliphatic rings. The molecule has 0 aromatic heterocycles. The largest absolute Gasteiger partial charge is 0.391 e. The summed E-state index contributed by atoms with van der Waals surface area (Å²) in [5, 5.41) is 10.6. The number of likely N-dealkylation sites (tertiary alicyclic amines) is 1. The second-order valence-corrected chi connectivity index (χ2v) is 6.00. The molecule has 1 N–H and O–H groups in total. The standard InChI is InChI=1S/C13H14Cl3NO2/c1-7-4-5-17(6-10(7)18)13(19)11-8(14)2-3-9(15)12(11)16/h2-3,7,10,18H,4-6H2,1H3. The summed E-state index contributed by atoms with van der Waals surface area (Å²) in [5.41, 5.74) is 0.206. The van der Waals surface area contributed by atoms with Gasteiger partial charge in [0.05, 0.1) is 26.7 Å². The first-order chi connectivity index (χ1) is 8.91. The number of nitrogens with zero attached hydrogens (tertiary/aromatic N) is 1. The van der Waals surface area contributed by atoms with E-state index in [0.717, 1.165) is 6.42 Å². The lowest BCUT2D eigenvalue weighted by Gasteiger charge is -2.34. The van der Waals surface area contributed by atoms with Crippen LogP contribution < -0.4 is 0 Å². The number of amides is 1. The van der Waals surface area contributed by atoms with Gasteiger partial charge in [0.25, 0.3) is 5.91 Å². The summed E-state index contributed by atoms with van der Waals surface area (Å²) >= 11 is 18.0. The van der Waals surface area contributed by atoms with Gasteiger partial charge < -0.3 is 10.0 Å². The van der Waals surface area contributed by atoms with Gasteiger partial charge in [0, 0.05) is 13.1 Å². The predicted octanol–water partition coefficient (Wildman–Crippen LogP) is 3.49. The first-order valence-electron chi connectivity index (χ1n) is 6.02. The molecule has 0 bridgehead atoms. The molecule has 2 rings (SSSR count). The molecule has 1 heterocycles. The molecule has 0 saturated carbocycles. The average molecular weight is 323 g/mol. The molecule has 2 atom stereocenters. The van der Waals surface area contributed by atoms with Crippen LogP contribution in [0.2, 0.25) is 15.1 Å². The first-order valence-corrected chi connectivity index (χ1v) is 7.16. The molecule has 3 nitrogen and oxygen atoms in total. The molecule has 1 aromatic rings. The molecule has 0 radical (unpaired) electrons. The number of carbonyl (C=O) groups is 1. The van der Waals surface area contributed by atoms with Crippen molar-refractivity contribution in [3.8, 4) is 0 Å². The first kappa shape index (κ1) is 14.9. The predicted molar refractivity (Wildman–Crippen MR) is 77.2 cm³/mol. The molecule has 19 heavy (non-hydrogen) atoms. The highest BCUT2D eigenvalue weighted by Gasteiger charge is 2.30. The quantitative estimate of drug-likeness (QED) is 0.804. The molecule has 1 aliphatic heterocycles. The van der Waals surface area contributed by atoms with Crippen LogP contribution in [0.3, 0.4) is 0 Å². The van der Waals surface area contributed by atoms with Crippen LogP contribution in [-0.4, -0.2) is 35.1 Å². The van der Waals surface area contributed by atoms with Gasteiger partial charge in [-0.25, -0.2) is 0 Å². The number of aliphatic hydroxyl groups is 1. The number of benzene rings is 1. The van der Waals surface area contributed by atoms with Gasteiger partial charge in [-0.3, -0.25) is 4.79 Å². The van der Waals surface area contributed by atoms with Crippen LogP contribution in [0.1, 0.15) is 23.7 Å². The Morgan fingerprint density at radius 2 is 1.95 bits per heavy atom. The molecule has 6 heteroatoms. The monoisotopic (exact) mass is 321 g/mol. The van der Waals surface area contributed by atoms with Gasteiger partial charge in [-0.05, 0) is 24.5 Å². The molecule has 0 aliphatic carbocycles. The molecule has 0 spiro atoms. The summed E-state index contributed by atoms with van der Waals surface area (Å²) in [4.78, 5) is 14.0. The number of hydrogen-bond acceptors (Lipinski definition) is 2. The van der Waals surface area contributed by atoms with Crippen molar-refractivity contribution in [2.75, 3.05) is 13.1 Å². The summed E-state index contributed by atoms with van der Waals surface area (Å²) < 4.78 is 0. The average Bonchev–Trinajstić information content (AvgIpc) is 2.37. The number of rotatable bonds is 1. The SMILES string of the molecule is CC1CCN(C(=O)c2c(Cl)ccc(Cl)c2Cl)CC1O. The number of carbonyl (C=O) groups excluding carboxylic acids is 1. The zero-order valence-electron chi connectivity index (χ0n) is 10.4. The van der Waals surface area contributed by atoms with Crippen LogP contribution in [0.5, 0.6) is 0 Å². The summed E-state index contributed by atoms with van der Waals surface area (Å²) in [7, 11) is 0. The van der Waals surface area contributed by atoms with Crippen molar-refractivity contribution < 1.29 is 9.90 Å². The number of halogens is 3. The van der Waals surface area contributed by atoms with E-state index in [1.165, 1.54) is 0 Å². The van der Waals surface area contributed by atoms with Crippen LogP contribution in [0.15, 0.2) is 12.1 Å². The lowest BCUT2D eigenvalue weighted by atomic mass is 9.95. The maximum atomic E-state index is 12.4. The van der Waals surface area contributed by atoms with E-state index in [0.29, 0.717) is 18.1 Å². The Morgan fingerprint density at radius 3 is 2.58 bits per heavy atom. The highest BCUT2D eigenvalue weighted by atomic mass is 35.5. The maximum absolute atomic E-state index is 12.4. The normalized spacial score (nSPS) is 23.5. The van der Waals surface area contributed by atoms with Crippen LogP contribution in [0.4, 0.5) is 0 Å². The van der Waals surface area contributed by atoms with E-state index in [9.17, 15) is 9.90 Å². The molecule has 1 amide bonds. The second-order valence-electron chi connectivity index (χ2n) is 4.80. The molecule has 1 saturated heterocycles. The minimum absolute atomic E-state index is 0.160. The van der Waals surface area contributed by atoms with Crippen molar-refractivity contribution in [3.05, 3.63) is 32.8 Å². The van der Waals surface area contributed by atoms with E-state index < -0.39 is 6.10 Å². The smallest absolute Gasteiger partial charge is 0.257 e. The Hall–Kier alpha value is -0.480. The van der Waals surface area contributed by atoms with E-state index in [-0.39, 0.29) is 27.4 Å². The molecular formula is C13H14Cl3NO2. The molecular weight excluding hydrogens is 309 g/mol. The second kappa shape index (κ2) is 5.88. The number of piperidine rings is 1. The fourth-order valence-electron chi connectivity index (χ4n) is 2.11. The molecule has 2 unspecified atom stereocenters. The Balaban J connectivity index is 2.28. The Bertz CT molecular complexity index is 507. The van der Waals surface area contributed by atoms with Crippen molar-refractivity contribution in [2.45, 2.75) is 19.4 Å². The fourth-order valence-corrected chi connectivity index (χ4v) is 2.80. The van der Waals surface area contributed by atoms with E-state index in [1.54, 1.807) is 17.0 Å². The van der Waals surface area contributed by atoms with Gasteiger partial charge in [0.2, 0.25) is 0 Å². The summed E-state index contributed by atoms with van der Waals surface area (Å²) in [6, 6.07) is 3.10. The van der Waals surface area contributed by atoms with Crippen molar-refractivity contribution in [1.29, 1.82) is 0 Å². The van der Waals surface area contributed by atoms with E-state index in [2.05, 4.69) is 0 Å². The van der Waals surface area contributed by atoms with Gasteiger partial charge in [-0.15, -0.1) is 0 Å². The minimum atomic E-state index is -0.519. The van der Waals surface area contributed by atoms with Gasteiger partial charge in [-0.2, -0.15) is 0 Å². The van der Waals surface area contributed by atoms with Crippen LogP contribution >= 0.6 is 34.8 Å². The zero-order chi connectivity index (χ0) is 14.2. The van der Waals surface area contributed by atoms with Crippen molar-refractivity contribution >= 4 is 40.7 Å². The van der Waals surface area contributed by atoms with Gasteiger partial charge >= 0.3 is 0 Å². The third-order valence-electron chi connectivity index (χ3n) is 3.46. The third kappa shape index (κ3) is 3.00. The van der Waals surface area contributed by atoms with Crippen LogP contribution in [0.25, 0.3) is 0 Å². The van der Waals surface area contributed by atoms with Crippen LogP contribution in [-0.2, 0) is 0 Å². The number of aliphatic hydroxyl groups excluding tert-OH is 1. The third-order valence-corrected chi connectivity index (χ3v) is 4.58. The lowest BCUT2D eigenvalue weighted by molar-refractivity contribution is 0.0249. The summed E-state index contributed by atoms with van der Waals surface area (Å²) in [6.07, 6.45) is 0.234.